The molecule has 83 valence electrons. The van der Waals surface area contributed by atoms with E-state index in [1.807, 2.05) is 0 Å². The topological polar surface area (TPSA) is 21.7 Å². The molecule has 0 saturated carbocycles. The molecular weight excluding hydrogens is 194 g/mol. The van der Waals surface area contributed by atoms with Crippen LogP contribution in [0, 0.1) is 0 Å². The zero-order valence-corrected chi connectivity index (χ0v) is 10.7. The minimum atomic E-state index is -0.292. The standard InChI is InChI=1S/C10H22NO2Si/c1-5-9(11(6-2)7-3)8-13-10(14)12-4/h9-10H,5-8H2,1-4H3. The van der Waals surface area contributed by atoms with Crippen molar-refractivity contribution in [2.75, 3.05) is 26.8 Å². The normalized spacial score (nSPS) is 15.9. The van der Waals surface area contributed by atoms with Gasteiger partial charge in [0.25, 0.3) is 0 Å². The van der Waals surface area contributed by atoms with E-state index < -0.39 is 0 Å². The first kappa shape index (κ1) is 14.1. The summed E-state index contributed by atoms with van der Waals surface area (Å²) >= 11 is 0. The Morgan fingerprint density at radius 1 is 1.21 bits per heavy atom. The molecule has 0 bridgehead atoms. The van der Waals surface area contributed by atoms with Gasteiger partial charge in [0.2, 0.25) is 0 Å². The highest BCUT2D eigenvalue weighted by Gasteiger charge is 2.14. The first-order valence-corrected chi connectivity index (χ1v) is 5.86. The van der Waals surface area contributed by atoms with Crippen molar-refractivity contribution in [1.29, 1.82) is 0 Å². The smallest absolute Gasteiger partial charge is 0.133 e. The van der Waals surface area contributed by atoms with Gasteiger partial charge in [-0.2, -0.15) is 0 Å². The molecular formula is C10H22NO2Si. The van der Waals surface area contributed by atoms with Gasteiger partial charge in [-0.3, -0.25) is 4.90 Å². The minimum absolute atomic E-state index is 0.292. The first-order chi connectivity index (χ1) is 6.69. The Hall–Kier alpha value is 0.0969. The third-order valence-electron chi connectivity index (χ3n) is 2.45. The molecule has 0 heterocycles. The van der Waals surface area contributed by atoms with Crippen LogP contribution in [-0.2, 0) is 9.47 Å². The average Bonchev–Trinajstić information content (AvgIpc) is 2.23. The number of likely N-dealkylation sites (N-methyl/N-ethyl adjacent to an activating group) is 1. The molecule has 0 rings (SSSR count). The largest absolute Gasteiger partial charge is 0.361 e. The van der Waals surface area contributed by atoms with Gasteiger partial charge in [-0.15, -0.1) is 0 Å². The minimum Gasteiger partial charge on any atom is -0.361 e. The number of hydrogen-bond acceptors (Lipinski definition) is 3. The van der Waals surface area contributed by atoms with Crippen LogP contribution >= 0.6 is 0 Å². The van der Waals surface area contributed by atoms with E-state index in [9.17, 15) is 0 Å². The lowest BCUT2D eigenvalue weighted by molar-refractivity contribution is -0.0833. The second-order valence-electron chi connectivity index (χ2n) is 3.18. The van der Waals surface area contributed by atoms with Gasteiger partial charge in [-0.05, 0) is 19.5 Å². The maximum atomic E-state index is 5.48. The van der Waals surface area contributed by atoms with Crippen LogP contribution in [0.15, 0.2) is 0 Å². The summed E-state index contributed by atoms with van der Waals surface area (Å²) in [5, 5.41) is 0. The lowest BCUT2D eigenvalue weighted by atomic mass is 10.2. The maximum Gasteiger partial charge on any atom is 0.133 e. The number of rotatable bonds is 8. The van der Waals surface area contributed by atoms with Crippen molar-refractivity contribution in [1.82, 2.24) is 4.90 Å². The zero-order valence-electron chi connectivity index (χ0n) is 9.75. The Morgan fingerprint density at radius 3 is 2.14 bits per heavy atom. The Kier molecular flexibility index (Phi) is 8.47. The molecule has 14 heavy (non-hydrogen) atoms. The lowest BCUT2D eigenvalue weighted by Crippen LogP contribution is -2.39. The molecule has 0 aromatic carbocycles. The highest BCUT2D eigenvalue weighted by molar-refractivity contribution is 6.09. The number of nitrogens with zero attached hydrogens (tertiary/aromatic N) is 1. The molecule has 2 atom stereocenters. The highest BCUT2D eigenvalue weighted by Crippen LogP contribution is 2.05. The van der Waals surface area contributed by atoms with Crippen molar-refractivity contribution >= 4 is 10.2 Å². The molecule has 3 nitrogen and oxygen atoms in total. The molecule has 0 aliphatic heterocycles. The van der Waals surface area contributed by atoms with Crippen LogP contribution in [0.25, 0.3) is 0 Å². The van der Waals surface area contributed by atoms with Crippen LogP contribution < -0.4 is 0 Å². The molecule has 3 radical (unpaired) electrons. The van der Waals surface area contributed by atoms with Gasteiger partial charge in [0.15, 0.2) is 0 Å². The van der Waals surface area contributed by atoms with Crippen LogP contribution in [0.2, 0.25) is 0 Å². The van der Waals surface area contributed by atoms with Crippen molar-refractivity contribution in [3.05, 3.63) is 0 Å². The maximum absolute atomic E-state index is 5.48. The van der Waals surface area contributed by atoms with Crippen LogP contribution in [0.5, 0.6) is 0 Å². The molecule has 0 saturated heterocycles. The number of hydrogen-bond donors (Lipinski definition) is 0. The van der Waals surface area contributed by atoms with Gasteiger partial charge in [-0.1, -0.05) is 20.8 Å². The fourth-order valence-corrected chi connectivity index (χ4v) is 1.58. The predicted octanol–water partition coefficient (Wildman–Crippen LogP) is 1.22. The van der Waals surface area contributed by atoms with E-state index in [1.165, 1.54) is 0 Å². The summed E-state index contributed by atoms with van der Waals surface area (Å²) in [5.41, 5.74) is 0. The molecule has 0 aliphatic carbocycles. The van der Waals surface area contributed by atoms with Crippen molar-refractivity contribution in [3.63, 3.8) is 0 Å². The summed E-state index contributed by atoms with van der Waals surface area (Å²) in [6.45, 7) is 9.37. The van der Waals surface area contributed by atoms with Crippen molar-refractivity contribution in [2.45, 2.75) is 39.1 Å². The summed E-state index contributed by atoms with van der Waals surface area (Å²) in [5.74, 6) is -0.292. The van der Waals surface area contributed by atoms with Gasteiger partial charge < -0.3 is 9.47 Å². The molecule has 0 amide bonds. The Balaban J connectivity index is 3.88. The first-order valence-electron chi connectivity index (χ1n) is 5.29. The Morgan fingerprint density at radius 2 is 1.79 bits per heavy atom. The van der Waals surface area contributed by atoms with Gasteiger partial charge >= 0.3 is 0 Å². The molecule has 0 spiro atoms. The Bertz CT molecular complexity index is 131. The van der Waals surface area contributed by atoms with E-state index in [-0.39, 0.29) is 5.91 Å². The van der Waals surface area contributed by atoms with Gasteiger partial charge in [0.1, 0.15) is 16.2 Å². The average molecular weight is 216 g/mol. The molecule has 4 heteroatoms. The van der Waals surface area contributed by atoms with Gasteiger partial charge in [0, 0.05) is 13.2 Å². The summed E-state index contributed by atoms with van der Waals surface area (Å²) in [4.78, 5) is 2.40. The SMILES string of the molecule is CCC(COC([Si])OC)N(CC)CC. The van der Waals surface area contributed by atoms with Gasteiger partial charge in [-0.25, -0.2) is 0 Å². The van der Waals surface area contributed by atoms with Crippen LogP contribution in [0.4, 0.5) is 0 Å². The highest BCUT2D eigenvalue weighted by atomic mass is 28.1. The number of ether oxygens (including phenoxy) is 2. The van der Waals surface area contributed by atoms with Crippen LogP contribution in [0.3, 0.4) is 0 Å². The fourth-order valence-electron chi connectivity index (χ4n) is 1.49. The lowest BCUT2D eigenvalue weighted by Gasteiger charge is -2.29. The third-order valence-corrected chi connectivity index (χ3v) is 2.86. The fraction of sp³-hybridized carbons (Fsp3) is 1.00. The molecule has 0 aromatic heterocycles. The molecule has 2 unspecified atom stereocenters. The molecule has 0 N–H and O–H groups in total. The van der Waals surface area contributed by atoms with Crippen molar-refractivity contribution in [2.24, 2.45) is 0 Å². The summed E-state index contributed by atoms with van der Waals surface area (Å²) in [6, 6.07) is 0.485. The third kappa shape index (κ3) is 5.10. The van der Waals surface area contributed by atoms with E-state index in [4.69, 9.17) is 9.47 Å². The van der Waals surface area contributed by atoms with E-state index in [2.05, 4.69) is 35.9 Å². The summed E-state index contributed by atoms with van der Waals surface area (Å²) in [7, 11) is 4.94. The van der Waals surface area contributed by atoms with Crippen molar-refractivity contribution < 1.29 is 9.47 Å². The van der Waals surface area contributed by atoms with Gasteiger partial charge in [0.05, 0.1) is 6.61 Å². The molecule has 0 aliphatic rings. The molecule has 0 aromatic rings. The second-order valence-corrected chi connectivity index (χ2v) is 3.66. The predicted molar refractivity (Wildman–Crippen MR) is 59.5 cm³/mol. The zero-order chi connectivity index (χ0) is 11.0. The van der Waals surface area contributed by atoms with E-state index in [0.29, 0.717) is 12.6 Å². The van der Waals surface area contributed by atoms with Crippen LogP contribution in [0.1, 0.15) is 27.2 Å². The van der Waals surface area contributed by atoms with Crippen molar-refractivity contribution in [3.8, 4) is 0 Å². The van der Waals surface area contributed by atoms with E-state index in [1.54, 1.807) is 7.11 Å². The van der Waals surface area contributed by atoms with Crippen LogP contribution in [-0.4, -0.2) is 53.9 Å². The summed E-state index contributed by atoms with van der Waals surface area (Å²) < 4.78 is 10.4. The van der Waals surface area contributed by atoms with E-state index >= 15 is 0 Å². The molecule has 0 fully saturated rings. The monoisotopic (exact) mass is 216 g/mol. The summed E-state index contributed by atoms with van der Waals surface area (Å²) in [6.07, 6.45) is 1.10. The Labute approximate surface area is 91.2 Å². The quantitative estimate of drug-likeness (QED) is 0.450. The van der Waals surface area contributed by atoms with E-state index in [0.717, 1.165) is 19.5 Å². The number of methoxy groups -OCH3 is 1. The second kappa shape index (κ2) is 8.41.